The molecule has 1 fully saturated rings. The average molecular weight is 222 g/mol. The first-order chi connectivity index (χ1) is 6.31. The van der Waals surface area contributed by atoms with E-state index < -0.39 is 27.3 Å². The van der Waals surface area contributed by atoms with E-state index in [1.165, 1.54) is 14.0 Å². The third-order valence-corrected chi connectivity index (χ3v) is 4.44. The minimum Gasteiger partial charge on any atom is -0.469 e. The Balaban J connectivity index is 2.83. The van der Waals surface area contributed by atoms with Crippen LogP contribution in [0.25, 0.3) is 0 Å². The molecule has 1 heterocycles. The number of methoxy groups -OCH3 is 1. The lowest BCUT2D eigenvalue weighted by Crippen LogP contribution is -2.42. The molecule has 6 heteroatoms. The molecule has 0 spiro atoms. The van der Waals surface area contributed by atoms with Crippen molar-refractivity contribution in [2.24, 2.45) is 5.92 Å². The van der Waals surface area contributed by atoms with E-state index >= 15 is 0 Å². The highest BCUT2D eigenvalue weighted by Gasteiger charge is 2.47. The fourth-order valence-electron chi connectivity index (χ4n) is 1.60. The zero-order valence-electron chi connectivity index (χ0n) is 8.19. The molecule has 1 rings (SSSR count). The van der Waals surface area contributed by atoms with Gasteiger partial charge in [0, 0.05) is 0 Å². The van der Waals surface area contributed by atoms with Gasteiger partial charge in [0.15, 0.2) is 9.84 Å². The number of rotatable bonds is 2. The van der Waals surface area contributed by atoms with Crippen LogP contribution in [0.3, 0.4) is 0 Å². The van der Waals surface area contributed by atoms with Crippen LogP contribution in [-0.4, -0.2) is 43.7 Å². The fourth-order valence-corrected chi connectivity index (χ4v) is 3.56. The molecular formula is C8H14O5S. The number of hydrogen-bond donors (Lipinski definition) is 1. The second-order valence-corrected chi connectivity index (χ2v) is 5.87. The average Bonchev–Trinajstić information content (AvgIpc) is 2.39. The van der Waals surface area contributed by atoms with Gasteiger partial charge in [0.05, 0.1) is 30.1 Å². The van der Waals surface area contributed by atoms with Gasteiger partial charge >= 0.3 is 5.97 Å². The summed E-state index contributed by atoms with van der Waals surface area (Å²) in [7, 11) is -1.98. The van der Waals surface area contributed by atoms with Crippen molar-refractivity contribution in [3.05, 3.63) is 0 Å². The highest BCUT2D eigenvalue weighted by atomic mass is 32.2. The molecule has 0 bridgehead atoms. The van der Waals surface area contributed by atoms with E-state index in [2.05, 4.69) is 4.74 Å². The van der Waals surface area contributed by atoms with Gasteiger partial charge in [-0.25, -0.2) is 8.42 Å². The molecule has 2 unspecified atom stereocenters. The van der Waals surface area contributed by atoms with Crippen LogP contribution in [-0.2, 0) is 19.4 Å². The molecule has 14 heavy (non-hydrogen) atoms. The molecule has 1 N–H and O–H groups in total. The van der Waals surface area contributed by atoms with Gasteiger partial charge in [0.1, 0.15) is 0 Å². The van der Waals surface area contributed by atoms with Crippen LogP contribution in [0.1, 0.15) is 13.3 Å². The number of aliphatic hydroxyl groups is 1. The van der Waals surface area contributed by atoms with Crippen molar-refractivity contribution in [1.82, 2.24) is 0 Å². The van der Waals surface area contributed by atoms with Crippen LogP contribution in [0.4, 0.5) is 0 Å². The highest BCUT2D eigenvalue weighted by Crippen LogP contribution is 2.31. The Kier molecular flexibility index (Phi) is 2.87. The fraction of sp³-hybridized carbons (Fsp3) is 0.875. The number of carbonyl (C=O) groups is 1. The van der Waals surface area contributed by atoms with E-state index in [9.17, 15) is 18.3 Å². The summed E-state index contributed by atoms with van der Waals surface area (Å²) in [4.78, 5) is 11.1. The van der Waals surface area contributed by atoms with Crippen molar-refractivity contribution in [2.75, 3.05) is 18.6 Å². The second kappa shape index (κ2) is 3.51. The number of ether oxygens (including phenoxy) is 1. The zero-order valence-corrected chi connectivity index (χ0v) is 9.00. The molecule has 0 saturated carbocycles. The first kappa shape index (κ1) is 11.5. The Bertz CT molecular complexity index is 334. The summed E-state index contributed by atoms with van der Waals surface area (Å²) < 4.78 is 26.8. The molecule has 1 aliphatic rings. The standard InChI is InChI=1S/C8H14O5S/c1-6(7(9)13-2)8(10)3-4-14(11,12)5-8/h6,10H,3-5H2,1-2H3. The van der Waals surface area contributed by atoms with Crippen LogP contribution in [0.2, 0.25) is 0 Å². The number of esters is 1. The van der Waals surface area contributed by atoms with E-state index in [1.807, 2.05) is 0 Å². The summed E-state index contributed by atoms with van der Waals surface area (Å²) in [6.45, 7) is 1.48. The molecular weight excluding hydrogens is 208 g/mol. The third-order valence-electron chi connectivity index (χ3n) is 2.68. The van der Waals surface area contributed by atoms with Crippen molar-refractivity contribution < 1.29 is 23.1 Å². The van der Waals surface area contributed by atoms with Crippen LogP contribution >= 0.6 is 0 Å². The van der Waals surface area contributed by atoms with E-state index in [-0.39, 0.29) is 17.9 Å². The molecule has 0 radical (unpaired) electrons. The number of carbonyl (C=O) groups excluding carboxylic acids is 1. The lowest BCUT2D eigenvalue weighted by atomic mass is 9.88. The Labute approximate surface area is 83.0 Å². The molecule has 1 aliphatic heterocycles. The van der Waals surface area contributed by atoms with Gasteiger partial charge in [0.2, 0.25) is 0 Å². The maximum absolute atomic E-state index is 11.1. The van der Waals surface area contributed by atoms with E-state index in [0.29, 0.717) is 0 Å². The lowest BCUT2D eigenvalue weighted by molar-refractivity contribution is -0.153. The van der Waals surface area contributed by atoms with Gasteiger partial charge in [0.25, 0.3) is 0 Å². The smallest absolute Gasteiger partial charge is 0.311 e. The molecule has 0 aliphatic carbocycles. The SMILES string of the molecule is COC(=O)C(C)C1(O)CCS(=O)(=O)C1. The zero-order chi connectivity index (χ0) is 11.0. The second-order valence-electron chi connectivity index (χ2n) is 3.69. The molecule has 1 saturated heterocycles. The lowest BCUT2D eigenvalue weighted by Gasteiger charge is -2.25. The summed E-state index contributed by atoms with van der Waals surface area (Å²) >= 11 is 0. The predicted molar refractivity (Wildman–Crippen MR) is 49.4 cm³/mol. The quantitative estimate of drug-likeness (QED) is 0.628. The van der Waals surface area contributed by atoms with Crippen LogP contribution in [0.15, 0.2) is 0 Å². The Hall–Kier alpha value is -0.620. The van der Waals surface area contributed by atoms with Crippen molar-refractivity contribution in [3.63, 3.8) is 0 Å². The first-order valence-corrected chi connectivity index (χ1v) is 6.13. The van der Waals surface area contributed by atoms with E-state index in [0.717, 1.165) is 0 Å². The summed E-state index contributed by atoms with van der Waals surface area (Å²) in [6.07, 6.45) is 0.103. The minimum atomic E-state index is -3.20. The van der Waals surface area contributed by atoms with Crippen LogP contribution in [0, 0.1) is 5.92 Å². The predicted octanol–water partition coefficient (Wildman–Crippen LogP) is -0.655. The maximum Gasteiger partial charge on any atom is 0.311 e. The maximum atomic E-state index is 11.1. The Morgan fingerprint density at radius 2 is 2.14 bits per heavy atom. The highest BCUT2D eigenvalue weighted by molar-refractivity contribution is 7.91. The molecule has 0 amide bonds. The van der Waals surface area contributed by atoms with Crippen LogP contribution < -0.4 is 0 Å². The molecule has 0 aromatic heterocycles. The first-order valence-electron chi connectivity index (χ1n) is 4.31. The van der Waals surface area contributed by atoms with Crippen molar-refractivity contribution in [3.8, 4) is 0 Å². The minimum absolute atomic E-state index is 0.0646. The van der Waals surface area contributed by atoms with Crippen molar-refractivity contribution in [1.29, 1.82) is 0 Å². The molecule has 0 aromatic carbocycles. The Morgan fingerprint density at radius 3 is 2.50 bits per heavy atom. The van der Waals surface area contributed by atoms with Crippen molar-refractivity contribution >= 4 is 15.8 Å². The largest absolute Gasteiger partial charge is 0.469 e. The topological polar surface area (TPSA) is 80.7 Å². The summed E-state index contributed by atoms with van der Waals surface area (Å²) in [5, 5.41) is 9.92. The van der Waals surface area contributed by atoms with E-state index in [1.54, 1.807) is 0 Å². The van der Waals surface area contributed by atoms with Gasteiger partial charge in [-0.05, 0) is 13.3 Å². The van der Waals surface area contributed by atoms with E-state index in [4.69, 9.17) is 0 Å². The summed E-state index contributed by atoms with van der Waals surface area (Å²) in [5.41, 5.74) is -1.45. The van der Waals surface area contributed by atoms with Crippen molar-refractivity contribution in [2.45, 2.75) is 18.9 Å². The number of hydrogen-bond acceptors (Lipinski definition) is 5. The van der Waals surface area contributed by atoms with Crippen LogP contribution in [0.5, 0.6) is 0 Å². The molecule has 0 aromatic rings. The monoisotopic (exact) mass is 222 g/mol. The Morgan fingerprint density at radius 1 is 1.57 bits per heavy atom. The summed E-state index contributed by atoms with van der Waals surface area (Å²) in [6, 6.07) is 0. The molecule has 2 atom stereocenters. The van der Waals surface area contributed by atoms with Gasteiger partial charge in [-0.1, -0.05) is 0 Å². The van der Waals surface area contributed by atoms with Gasteiger partial charge in [-0.3, -0.25) is 4.79 Å². The van der Waals surface area contributed by atoms with Gasteiger partial charge in [-0.15, -0.1) is 0 Å². The third kappa shape index (κ3) is 2.06. The molecule has 5 nitrogen and oxygen atoms in total. The normalized spacial score (nSPS) is 32.5. The number of sulfone groups is 1. The molecule has 82 valence electrons. The van der Waals surface area contributed by atoms with Gasteiger partial charge < -0.3 is 9.84 Å². The van der Waals surface area contributed by atoms with Gasteiger partial charge in [-0.2, -0.15) is 0 Å². The summed E-state index contributed by atoms with van der Waals surface area (Å²) in [5.74, 6) is -1.80.